The van der Waals surface area contributed by atoms with Gasteiger partial charge in [-0.3, -0.25) is 38.8 Å². The summed E-state index contributed by atoms with van der Waals surface area (Å²) in [5.74, 6) is -10.4. The molecular formula is C104H117K4Li2N11O19S4. The molecule has 4 atom stereocenters. The van der Waals surface area contributed by atoms with Crippen molar-refractivity contribution >= 4 is 197 Å². The van der Waals surface area contributed by atoms with Gasteiger partial charge >= 0.3 is 249 Å². The quantitative estimate of drug-likeness (QED) is 0.0121. The molecule has 9 aliphatic rings. The standard InChI is InChI=1S/C31H51NO3.C23H18N2O3S2.C19H20N4O7.C18H18N2O4S2.C13H16N2O2.4K.2Li/c1-4-5-6-7-8-9-10-11-12-13-14-15-16-17-18-19-24-32-26(2)27(3)35-30-25-28(20-22-29(30)32)21-23-31(33)34;26-21(27)13-24-22(28)20(30-23(24)29)12-14-9-10-19-17(11-14)16-7-4-8-18(16)25(19)15-5-2-1-3-6-15;1-20-5-6-21(2)14-8-11(3-4-13(14)20)7-12-17(28)22(9-15(24)25)19(30)23(18(12)29)10-16(26)27;1-19-13-3-2-10(6-11(13)12-9-24-5-4-14(12)19)7-15-17(23)20(8-16(21)22)18(25)26-15;1-14-7-8-15(2)12-9-10(3-5-11(12)14)4-6-13(16)17;;;;;;/h20-23,25-27H,4-19,24H2,1-3H3,(H,33,34);1-3,5-6,9-12H,4,7-8,13H2,(H,26,27);3-4,7-8H,5-6,9-10H2,1-2H3,(H,24,25)(H,26,27);2-3,6-7,12,14H,4-5,8-9H2,1H3,(H,21,22);3-6,9H,7-8H2,1-2H3,(H,16,17);;;;;;/q;;;;;6*+1/p-6/b23-21-;20-12-;;15-7-;6-4-;;;;;;. The van der Waals surface area contributed by atoms with E-state index in [0.29, 0.717) is 40.0 Å². The van der Waals surface area contributed by atoms with E-state index in [1.54, 1.807) is 42.5 Å². The number of carbonyl (C=O) groups excluding carboxylic acids is 11. The topological polar surface area (TPSA) is 382 Å². The molecule has 732 valence electrons. The summed E-state index contributed by atoms with van der Waals surface area (Å²) in [6, 6.07) is 39.1. The Labute approximate surface area is 1060 Å². The first-order chi connectivity index (χ1) is 66.2. The van der Waals surface area contributed by atoms with Gasteiger partial charge in [0.05, 0.1) is 118 Å². The number of thiocarbonyl (C=S) groups is 2. The van der Waals surface area contributed by atoms with E-state index in [1.165, 1.54) is 142 Å². The van der Waals surface area contributed by atoms with Gasteiger partial charge in [-0.05, 0) is 188 Å². The number of urea groups is 1. The van der Waals surface area contributed by atoms with E-state index in [-0.39, 0.29) is 280 Å². The number of aromatic nitrogens is 1. The Hall–Kier alpha value is -4.89. The fourth-order valence-electron chi connectivity index (χ4n) is 18.5. The summed E-state index contributed by atoms with van der Waals surface area (Å²) in [7, 11) is 10.0. The number of benzene rings is 6. The number of hydrogen-bond donors (Lipinski definition) is 0. The van der Waals surface area contributed by atoms with Gasteiger partial charge in [0.2, 0.25) is 0 Å². The van der Waals surface area contributed by atoms with Crippen LogP contribution in [0.2, 0.25) is 0 Å². The molecule has 0 saturated carbocycles. The van der Waals surface area contributed by atoms with Crippen molar-refractivity contribution in [1.29, 1.82) is 0 Å². The van der Waals surface area contributed by atoms with Crippen molar-refractivity contribution in [2.24, 2.45) is 0 Å². The molecule has 0 radical (unpaired) electrons. The third-order valence-corrected chi connectivity index (χ3v) is 28.7. The number of carbonyl (C=O) groups is 11. The summed E-state index contributed by atoms with van der Waals surface area (Å²) in [6.45, 7) is 9.41. The van der Waals surface area contributed by atoms with Crippen LogP contribution in [0.25, 0.3) is 47.0 Å². The van der Waals surface area contributed by atoms with E-state index in [9.17, 15) is 83.4 Å². The van der Waals surface area contributed by atoms with Gasteiger partial charge in [0.15, 0.2) is 0 Å². The number of hydrogen-bond acceptors (Lipinski definition) is 29. The summed E-state index contributed by atoms with van der Waals surface area (Å²) in [5, 5.41) is 65.8. The van der Waals surface area contributed by atoms with Crippen LogP contribution < -0.4 is 308 Å². The number of imide groups is 2. The number of ether oxygens (including phenoxy) is 2. The maximum Gasteiger partial charge on any atom is 1.00 e. The zero-order valence-corrected chi connectivity index (χ0v) is 101. The largest absolute Gasteiger partial charge is 1.00 e. The third-order valence-electron chi connectivity index (χ3n) is 26.0. The normalized spacial score (nSPS) is 17.9. The van der Waals surface area contributed by atoms with E-state index in [2.05, 4.69) is 101 Å². The number of rotatable bonds is 33. The summed E-state index contributed by atoms with van der Waals surface area (Å²) in [5.41, 5.74) is 16.1. The Bertz CT molecular complexity index is 5900. The van der Waals surface area contributed by atoms with Crippen LogP contribution in [0.5, 0.6) is 5.75 Å². The summed E-state index contributed by atoms with van der Waals surface area (Å²) >= 11 is 12.5. The first kappa shape index (κ1) is 128. The van der Waals surface area contributed by atoms with E-state index in [4.69, 9.17) is 33.9 Å². The van der Waals surface area contributed by atoms with Gasteiger partial charge in [0, 0.05) is 109 Å². The fraction of sp³-hybridized carbons (Fsp3) is 0.413. The van der Waals surface area contributed by atoms with Gasteiger partial charge in [-0.1, -0.05) is 212 Å². The fourth-order valence-corrected chi connectivity index (χ4v) is 21.0. The summed E-state index contributed by atoms with van der Waals surface area (Å²) in [4.78, 5) is 144. The van der Waals surface area contributed by atoms with Crippen molar-refractivity contribution in [3.8, 4) is 11.4 Å². The average Bonchev–Trinajstić information content (AvgIpc) is 1.60. The Kier molecular flexibility index (Phi) is 55.3. The molecule has 16 rings (SSSR count). The van der Waals surface area contributed by atoms with Crippen LogP contribution in [0.3, 0.4) is 0 Å². The second-order valence-corrected chi connectivity index (χ2v) is 39.0. The third kappa shape index (κ3) is 34.6. The summed E-state index contributed by atoms with van der Waals surface area (Å²) < 4.78 is 14.6. The van der Waals surface area contributed by atoms with Crippen LogP contribution in [0.4, 0.5) is 38.9 Å². The number of aryl methyl sites for hydroxylation is 1. The van der Waals surface area contributed by atoms with E-state index >= 15 is 0 Å². The Morgan fingerprint density at radius 3 is 1.38 bits per heavy atom. The van der Waals surface area contributed by atoms with E-state index in [1.807, 2.05) is 91.6 Å². The van der Waals surface area contributed by atoms with Gasteiger partial charge in [-0.25, -0.2) is 4.79 Å². The molecule has 7 aromatic rings. The van der Waals surface area contributed by atoms with Crippen LogP contribution in [0.1, 0.15) is 187 Å². The second kappa shape index (κ2) is 62.3. The molecule has 0 bridgehead atoms. The molecule has 6 aromatic carbocycles. The molecule has 30 nitrogen and oxygen atoms in total. The number of anilines is 6. The van der Waals surface area contributed by atoms with Crippen molar-refractivity contribution in [3.05, 3.63) is 194 Å². The molecule has 1 aliphatic carbocycles. The molecule has 4 fully saturated rings. The van der Waals surface area contributed by atoms with Crippen molar-refractivity contribution in [1.82, 2.24) is 24.2 Å². The number of aliphatic carboxylic acids is 6. The minimum Gasteiger partial charge on any atom is -0.548 e. The molecule has 4 saturated heterocycles. The number of para-hydroxylation sites is 1. The molecule has 4 unspecified atom stereocenters. The van der Waals surface area contributed by atoms with Crippen LogP contribution in [-0.4, -0.2) is 224 Å². The van der Waals surface area contributed by atoms with Crippen molar-refractivity contribution in [2.75, 3.05) is 137 Å². The Balaban J connectivity index is 0.000000276. The molecule has 144 heavy (non-hydrogen) atoms. The van der Waals surface area contributed by atoms with Crippen LogP contribution in [-0.2, 0) is 65.5 Å². The molecule has 0 N–H and O–H groups in total. The Morgan fingerprint density at radius 1 is 0.465 bits per heavy atom. The number of fused-ring (bicyclic) bond motifs is 9. The van der Waals surface area contributed by atoms with Crippen molar-refractivity contribution < 1.29 is 336 Å². The predicted octanol–water partition coefficient (Wildman–Crippen LogP) is -8.68. The number of unbranched alkanes of at least 4 members (excludes halogenated alkanes) is 15. The van der Waals surface area contributed by atoms with Crippen LogP contribution in [0, 0.1) is 0 Å². The zero-order valence-electron chi connectivity index (χ0n) is 85.1. The van der Waals surface area contributed by atoms with Gasteiger partial charge in [-0.2, -0.15) is 0 Å². The first-order valence-electron chi connectivity index (χ1n) is 47.0. The maximum absolute atomic E-state index is 12.6. The van der Waals surface area contributed by atoms with Crippen molar-refractivity contribution in [3.63, 3.8) is 0 Å². The zero-order chi connectivity index (χ0) is 99.1. The monoisotopic (exact) mass is 2120 g/mol. The minimum absolute atomic E-state index is 0. The molecule has 9 heterocycles. The summed E-state index contributed by atoms with van der Waals surface area (Å²) in [6.07, 6.45) is 36.5. The molecular weight excluding hydrogens is 2010 g/mol. The van der Waals surface area contributed by atoms with Crippen LogP contribution >= 0.6 is 48.0 Å². The molecule has 1 aromatic heterocycles. The Morgan fingerprint density at radius 2 is 0.889 bits per heavy atom. The predicted molar refractivity (Wildman–Crippen MR) is 536 cm³/mol. The number of likely N-dealkylation sites (N-methyl/N-ethyl adjacent to an activating group) is 5. The van der Waals surface area contributed by atoms with Crippen LogP contribution in [0.15, 0.2) is 149 Å². The number of carboxylic acids is 6. The molecule has 0 spiro atoms. The first-order valence-corrected chi connectivity index (χ1v) is 49.5. The van der Waals surface area contributed by atoms with Crippen molar-refractivity contribution in [2.45, 2.75) is 173 Å². The van der Waals surface area contributed by atoms with E-state index in [0.717, 1.165) is 172 Å². The maximum atomic E-state index is 12.6. The second-order valence-electron chi connectivity index (χ2n) is 35.6. The van der Waals surface area contributed by atoms with Gasteiger partial charge < -0.3 is 103 Å². The van der Waals surface area contributed by atoms with E-state index < -0.39 is 85.4 Å². The molecule has 8 aliphatic heterocycles. The van der Waals surface area contributed by atoms with Gasteiger partial charge in [0.25, 0.3) is 23.6 Å². The van der Waals surface area contributed by atoms with Gasteiger partial charge in [-0.15, -0.1) is 0 Å². The molecule has 40 heteroatoms. The smallest absolute Gasteiger partial charge is 0.548 e. The average molecular weight is 2120 g/mol. The minimum atomic E-state index is -1.74. The number of thioether (sulfide) groups is 2. The number of amides is 6. The molecule has 6 amide bonds. The number of carboxylic acid groups (broad SMARTS) is 6. The SMILES string of the molecule is CCCCCCCCCCCCCCCCCCN1c2ccc(/C=C\C(=O)[O-])cc2OC(C)C1C.CN1CCN(C)c2cc(/C=C\C(=O)[O-])ccc21.CN1CCN(C)c2cc(C=C3C(=O)N(CC(=O)[O-])C(=O)N(CC(=O)[O-])C3=O)ccc21.CN1c2ccc(/C=C3\SC(=S)N(CC(=O)[O-])C3=O)cc2C2COCCC21.O=C([O-])CN1C(=O)/C(=C/c2ccc3c(c2)c2c(n3-c3ccccc3)CCC2)SC1=S.[K+].[K+].[K+].[K+].[Li+].[Li+]. The van der Waals surface area contributed by atoms with Gasteiger partial charge in [0.1, 0.15) is 26.1 Å². The number of barbiturate groups is 1. The number of nitrogens with zero attached hydrogens (tertiary/aromatic N) is 11.